The molecule has 1 aliphatic rings. The molecule has 120 valence electrons. The Morgan fingerprint density at radius 1 is 1.43 bits per heavy atom. The Kier molecular flexibility index (Phi) is 4.42. The molecule has 1 fully saturated rings. The zero-order valence-corrected chi connectivity index (χ0v) is 12.9. The quantitative estimate of drug-likeness (QED) is 0.783. The maximum Gasteiger partial charge on any atom is 0.319 e. The van der Waals surface area contributed by atoms with Gasteiger partial charge in [-0.1, -0.05) is 11.6 Å². The fourth-order valence-corrected chi connectivity index (χ4v) is 2.69. The monoisotopic (exact) mass is 334 g/mol. The average Bonchev–Trinajstić information content (AvgIpc) is 2.99. The first-order valence-corrected chi connectivity index (χ1v) is 7.47. The van der Waals surface area contributed by atoms with Crippen molar-refractivity contribution in [3.8, 4) is 0 Å². The standard InChI is InChI=1S/C14H15ClN6O2/c15-12-11(7-17-20-13(12)22)21-5-3-10(8-21)19-14(23)18-9-2-1-4-16-6-9/h1-2,4,6-7,10H,3,5,8H2,(H,20,22)(H2,18,19,23). The Morgan fingerprint density at radius 3 is 3.09 bits per heavy atom. The highest BCUT2D eigenvalue weighted by atomic mass is 35.5. The number of aromatic nitrogens is 3. The van der Waals surface area contributed by atoms with Gasteiger partial charge in [-0.05, 0) is 18.6 Å². The highest BCUT2D eigenvalue weighted by Crippen LogP contribution is 2.24. The maximum absolute atomic E-state index is 12.0. The summed E-state index contributed by atoms with van der Waals surface area (Å²) in [7, 11) is 0. The molecule has 3 rings (SSSR count). The largest absolute Gasteiger partial charge is 0.367 e. The van der Waals surface area contributed by atoms with E-state index < -0.39 is 5.56 Å². The van der Waals surface area contributed by atoms with E-state index in [2.05, 4.69) is 25.8 Å². The summed E-state index contributed by atoms with van der Waals surface area (Å²) in [4.78, 5) is 29.3. The van der Waals surface area contributed by atoms with E-state index in [0.29, 0.717) is 24.5 Å². The number of anilines is 2. The summed E-state index contributed by atoms with van der Waals surface area (Å²) < 4.78 is 0. The number of aromatic amines is 1. The molecule has 3 heterocycles. The normalized spacial score (nSPS) is 17.1. The van der Waals surface area contributed by atoms with Crippen molar-refractivity contribution in [2.75, 3.05) is 23.3 Å². The third kappa shape index (κ3) is 3.59. The molecule has 1 saturated heterocycles. The molecule has 3 N–H and O–H groups in total. The van der Waals surface area contributed by atoms with Crippen molar-refractivity contribution in [1.29, 1.82) is 0 Å². The van der Waals surface area contributed by atoms with Crippen LogP contribution in [0, 0.1) is 0 Å². The van der Waals surface area contributed by atoms with Gasteiger partial charge < -0.3 is 15.5 Å². The summed E-state index contributed by atoms with van der Waals surface area (Å²) in [5.41, 5.74) is 0.781. The van der Waals surface area contributed by atoms with Gasteiger partial charge in [0.25, 0.3) is 5.56 Å². The molecule has 2 amide bonds. The van der Waals surface area contributed by atoms with Crippen molar-refractivity contribution < 1.29 is 4.79 Å². The van der Waals surface area contributed by atoms with Crippen LogP contribution in [0.5, 0.6) is 0 Å². The Bertz CT molecular complexity index is 750. The predicted molar refractivity (Wildman–Crippen MR) is 86.9 cm³/mol. The maximum atomic E-state index is 12.0. The Morgan fingerprint density at radius 2 is 2.30 bits per heavy atom. The molecule has 0 radical (unpaired) electrons. The van der Waals surface area contributed by atoms with Gasteiger partial charge in [-0.25, -0.2) is 9.89 Å². The first-order valence-electron chi connectivity index (χ1n) is 7.09. The molecule has 8 nitrogen and oxygen atoms in total. The van der Waals surface area contributed by atoms with Crippen LogP contribution in [0.1, 0.15) is 6.42 Å². The lowest BCUT2D eigenvalue weighted by atomic mass is 10.3. The minimum absolute atomic E-state index is 0.0398. The second-order valence-electron chi connectivity index (χ2n) is 5.17. The number of carbonyl (C=O) groups is 1. The topological polar surface area (TPSA) is 103 Å². The molecule has 0 aliphatic carbocycles. The average molecular weight is 335 g/mol. The molecule has 0 saturated carbocycles. The third-order valence-corrected chi connectivity index (χ3v) is 3.93. The molecule has 0 aromatic carbocycles. The molecule has 0 bridgehead atoms. The highest BCUT2D eigenvalue weighted by molar-refractivity contribution is 6.33. The molecular weight excluding hydrogens is 320 g/mol. The SMILES string of the molecule is O=C(Nc1cccnc1)NC1CCN(c2cn[nH]c(=O)c2Cl)C1. The van der Waals surface area contributed by atoms with Crippen LogP contribution in [0.4, 0.5) is 16.2 Å². The molecule has 23 heavy (non-hydrogen) atoms. The summed E-state index contributed by atoms with van der Waals surface area (Å²) in [6.45, 7) is 1.24. The molecule has 9 heteroatoms. The molecule has 0 spiro atoms. The molecule has 2 aromatic rings. The number of hydrogen-bond donors (Lipinski definition) is 3. The number of nitrogens with one attached hydrogen (secondary N) is 3. The van der Waals surface area contributed by atoms with E-state index in [1.165, 1.54) is 6.20 Å². The second kappa shape index (κ2) is 6.66. The van der Waals surface area contributed by atoms with E-state index >= 15 is 0 Å². The Balaban J connectivity index is 1.59. The number of halogens is 1. The minimum Gasteiger partial charge on any atom is -0.367 e. The molecular formula is C14H15ClN6O2. The minimum atomic E-state index is -0.421. The van der Waals surface area contributed by atoms with E-state index in [4.69, 9.17) is 11.6 Å². The second-order valence-corrected chi connectivity index (χ2v) is 5.55. The number of pyridine rings is 1. The van der Waals surface area contributed by atoms with Gasteiger partial charge in [0.1, 0.15) is 5.02 Å². The summed E-state index contributed by atoms with van der Waals surface area (Å²) in [5.74, 6) is 0. The van der Waals surface area contributed by atoms with Gasteiger partial charge in [0, 0.05) is 25.3 Å². The van der Waals surface area contributed by atoms with E-state index in [1.807, 2.05) is 4.90 Å². The van der Waals surface area contributed by atoms with E-state index in [0.717, 1.165) is 6.42 Å². The predicted octanol–water partition coefficient (Wildman–Crippen LogP) is 1.22. The lowest BCUT2D eigenvalue weighted by molar-refractivity contribution is 0.249. The summed E-state index contributed by atoms with van der Waals surface area (Å²) in [5, 5.41) is 11.8. The van der Waals surface area contributed by atoms with E-state index in [9.17, 15) is 9.59 Å². The molecule has 2 aromatic heterocycles. The first-order chi connectivity index (χ1) is 11.1. The third-order valence-electron chi connectivity index (χ3n) is 3.56. The van der Waals surface area contributed by atoms with Crippen LogP contribution >= 0.6 is 11.6 Å². The Labute approximate surface area is 136 Å². The molecule has 1 aliphatic heterocycles. The number of carbonyl (C=O) groups excluding carboxylic acids is 1. The molecule has 1 atom stereocenters. The van der Waals surface area contributed by atoms with Crippen LogP contribution < -0.4 is 21.1 Å². The van der Waals surface area contributed by atoms with Gasteiger partial charge in [-0.15, -0.1) is 0 Å². The number of H-pyrrole nitrogens is 1. The summed E-state index contributed by atoms with van der Waals surface area (Å²) in [6, 6.07) is 3.17. The van der Waals surface area contributed by atoms with Gasteiger partial charge >= 0.3 is 6.03 Å². The van der Waals surface area contributed by atoms with Crippen LogP contribution in [-0.4, -0.2) is 40.3 Å². The zero-order valence-electron chi connectivity index (χ0n) is 12.1. The lowest BCUT2D eigenvalue weighted by Crippen LogP contribution is -2.39. The Hall–Kier alpha value is -2.61. The number of urea groups is 1. The lowest BCUT2D eigenvalue weighted by Gasteiger charge is -2.19. The van der Waals surface area contributed by atoms with Crippen LogP contribution in [0.2, 0.25) is 5.02 Å². The van der Waals surface area contributed by atoms with E-state index in [1.54, 1.807) is 24.5 Å². The smallest absolute Gasteiger partial charge is 0.319 e. The number of amides is 2. The number of nitrogens with zero attached hydrogens (tertiary/aromatic N) is 3. The number of hydrogen-bond acceptors (Lipinski definition) is 5. The highest BCUT2D eigenvalue weighted by Gasteiger charge is 2.26. The van der Waals surface area contributed by atoms with Gasteiger partial charge in [0.05, 0.1) is 23.8 Å². The van der Waals surface area contributed by atoms with Crippen LogP contribution in [0.15, 0.2) is 35.5 Å². The van der Waals surface area contributed by atoms with Gasteiger partial charge in [0.2, 0.25) is 0 Å². The van der Waals surface area contributed by atoms with Crippen molar-refractivity contribution in [2.45, 2.75) is 12.5 Å². The van der Waals surface area contributed by atoms with Crippen molar-refractivity contribution >= 4 is 29.0 Å². The van der Waals surface area contributed by atoms with Crippen molar-refractivity contribution in [3.05, 3.63) is 46.1 Å². The van der Waals surface area contributed by atoms with Crippen molar-refractivity contribution in [2.24, 2.45) is 0 Å². The fraction of sp³-hybridized carbons (Fsp3) is 0.286. The van der Waals surface area contributed by atoms with Crippen LogP contribution in [-0.2, 0) is 0 Å². The van der Waals surface area contributed by atoms with Crippen molar-refractivity contribution in [3.63, 3.8) is 0 Å². The van der Waals surface area contributed by atoms with E-state index in [-0.39, 0.29) is 17.1 Å². The van der Waals surface area contributed by atoms with Crippen molar-refractivity contribution in [1.82, 2.24) is 20.5 Å². The number of rotatable bonds is 3. The summed E-state index contributed by atoms with van der Waals surface area (Å²) >= 11 is 6.00. The van der Waals surface area contributed by atoms with Gasteiger partial charge in [0.15, 0.2) is 0 Å². The van der Waals surface area contributed by atoms with Crippen LogP contribution in [0.3, 0.4) is 0 Å². The van der Waals surface area contributed by atoms with Crippen LogP contribution in [0.25, 0.3) is 0 Å². The molecule has 1 unspecified atom stereocenters. The fourth-order valence-electron chi connectivity index (χ4n) is 2.48. The zero-order chi connectivity index (χ0) is 16.2. The summed E-state index contributed by atoms with van der Waals surface area (Å²) in [6.07, 6.45) is 5.48. The first kappa shape index (κ1) is 15.3. The van der Waals surface area contributed by atoms with Gasteiger partial charge in [-0.2, -0.15) is 5.10 Å². The van der Waals surface area contributed by atoms with Gasteiger partial charge in [-0.3, -0.25) is 9.78 Å².